The van der Waals surface area contributed by atoms with E-state index in [4.69, 9.17) is 16.7 Å². The Kier molecular flexibility index (Phi) is 7.04. The number of aliphatic hydroxyl groups excluding tert-OH is 1. The van der Waals surface area contributed by atoms with Crippen LogP contribution in [0.25, 0.3) is 0 Å². The largest absolute Gasteiger partial charge is 0.434 e. The van der Waals surface area contributed by atoms with Crippen LogP contribution in [0.2, 0.25) is 5.02 Å². The fourth-order valence-corrected chi connectivity index (χ4v) is 1.89. The van der Waals surface area contributed by atoms with Gasteiger partial charge in [-0.3, -0.25) is 4.90 Å². The third kappa shape index (κ3) is 5.94. The smallest absolute Gasteiger partial charge is 0.387 e. The van der Waals surface area contributed by atoms with Gasteiger partial charge in [0.05, 0.1) is 13.2 Å². The summed E-state index contributed by atoms with van der Waals surface area (Å²) < 4.78 is 53.7. The lowest BCUT2D eigenvalue weighted by atomic mass is 10.2. The third-order valence-electron chi connectivity index (χ3n) is 2.44. The molecule has 1 rings (SSSR count). The van der Waals surface area contributed by atoms with E-state index in [-0.39, 0.29) is 36.0 Å². The zero-order valence-corrected chi connectivity index (χ0v) is 11.2. The van der Waals surface area contributed by atoms with Crippen LogP contribution in [-0.4, -0.2) is 42.7 Å². The molecule has 20 heavy (non-hydrogen) atoms. The maximum atomic E-state index is 12.4. The Morgan fingerprint density at radius 2 is 1.95 bits per heavy atom. The predicted molar refractivity (Wildman–Crippen MR) is 66.5 cm³/mol. The summed E-state index contributed by atoms with van der Waals surface area (Å²) in [5.74, 6) is -0.124. The summed E-state index contributed by atoms with van der Waals surface area (Å²) in [4.78, 5) is 1.23. The SMILES string of the molecule is OCCN(Cc1cc(Cl)ccc1OC(F)F)CC(F)F. The zero-order valence-electron chi connectivity index (χ0n) is 10.4. The zero-order chi connectivity index (χ0) is 15.1. The summed E-state index contributed by atoms with van der Waals surface area (Å²) >= 11 is 5.76. The number of aliphatic hydroxyl groups is 1. The van der Waals surface area contributed by atoms with E-state index in [2.05, 4.69) is 4.74 Å². The lowest BCUT2D eigenvalue weighted by molar-refractivity contribution is -0.0509. The topological polar surface area (TPSA) is 32.7 Å². The minimum Gasteiger partial charge on any atom is -0.434 e. The molecule has 0 unspecified atom stereocenters. The van der Waals surface area contributed by atoms with Crippen LogP contribution in [0, 0.1) is 0 Å². The quantitative estimate of drug-likeness (QED) is 0.749. The first-order valence-corrected chi connectivity index (χ1v) is 6.14. The second-order valence-electron chi connectivity index (χ2n) is 3.98. The van der Waals surface area contributed by atoms with Crippen molar-refractivity contribution in [2.45, 2.75) is 19.6 Å². The number of ether oxygens (including phenoxy) is 1. The van der Waals surface area contributed by atoms with E-state index < -0.39 is 19.6 Å². The molecule has 0 saturated carbocycles. The van der Waals surface area contributed by atoms with Gasteiger partial charge in [0.25, 0.3) is 6.43 Å². The minimum atomic E-state index is -3.02. The molecule has 1 aromatic rings. The summed E-state index contributed by atoms with van der Waals surface area (Å²) in [7, 11) is 0. The van der Waals surface area contributed by atoms with E-state index in [1.165, 1.54) is 23.1 Å². The average Bonchev–Trinajstić information content (AvgIpc) is 2.31. The molecule has 114 valence electrons. The maximum absolute atomic E-state index is 12.4. The van der Waals surface area contributed by atoms with Crippen molar-refractivity contribution in [3.8, 4) is 5.75 Å². The number of rotatable bonds is 8. The van der Waals surface area contributed by atoms with Crippen molar-refractivity contribution < 1.29 is 27.4 Å². The molecular formula is C12H14ClF4NO2. The van der Waals surface area contributed by atoms with Gasteiger partial charge in [-0.1, -0.05) is 11.6 Å². The molecular weight excluding hydrogens is 302 g/mol. The van der Waals surface area contributed by atoms with E-state index in [9.17, 15) is 17.6 Å². The monoisotopic (exact) mass is 315 g/mol. The summed E-state index contributed by atoms with van der Waals surface area (Å²) in [5, 5.41) is 9.11. The van der Waals surface area contributed by atoms with Crippen molar-refractivity contribution in [3.05, 3.63) is 28.8 Å². The second-order valence-corrected chi connectivity index (χ2v) is 4.42. The van der Waals surface area contributed by atoms with Crippen LogP contribution >= 0.6 is 11.6 Å². The summed E-state index contributed by atoms with van der Waals surface area (Å²) in [6.45, 7) is -4.01. The minimum absolute atomic E-state index is 0.00896. The Balaban J connectivity index is 2.88. The van der Waals surface area contributed by atoms with E-state index >= 15 is 0 Å². The Morgan fingerprint density at radius 3 is 2.50 bits per heavy atom. The van der Waals surface area contributed by atoms with Gasteiger partial charge in [-0.2, -0.15) is 8.78 Å². The molecule has 1 aromatic carbocycles. The normalized spacial score (nSPS) is 11.7. The Morgan fingerprint density at radius 1 is 1.25 bits per heavy atom. The predicted octanol–water partition coefficient (Wildman–Crippen LogP) is 3.00. The average molecular weight is 316 g/mol. The Labute approximate surface area is 118 Å². The van der Waals surface area contributed by atoms with Gasteiger partial charge in [0.15, 0.2) is 0 Å². The van der Waals surface area contributed by atoms with Crippen LogP contribution in [0.15, 0.2) is 18.2 Å². The number of alkyl halides is 4. The number of benzene rings is 1. The molecule has 8 heteroatoms. The van der Waals surface area contributed by atoms with E-state index in [0.29, 0.717) is 0 Å². The van der Waals surface area contributed by atoms with Crippen LogP contribution < -0.4 is 4.74 Å². The van der Waals surface area contributed by atoms with Gasteiger partial charge in [-0.05, 0) is 18.2 Å². The molecule has 0 heterocycles. The molecule has 0 atom stereocenters. The molecule has 0 amide bonds. The van der Waals surface area contributed by atoms with Crippen molar-refractivity contribution in [1.82, 2.24) is 4.90 Å². The highest BCUT2D eigenvalue weighted by molar-refractivity contribution is 6.30. The van der Waals surface area contributed by atoms with E-state index in [0.717, 1.165) is 0 Å². The first-order chi connectivity index (χ1) is 9.42. The highest BCUT2D eigenvalue weighted by atomic mass is 35.5. The number of halogens is 5. The summed E-state index contributed by atoms with van der Waals surface area (Å²) in [6, 6.07) is 3.99. The van der Waals surface area contributed by atoms with Crippen LogP contribution in [0.4, 0.5) is 17.6 Å². The molecule has 3 nitrogen and oxygen atoms in total. The van der Waals surface area contributed by atoms with E-state index in [1.54, 1.807) is 0 Å². The molecule has 0 radical (unpaired) electrons. The highest BCUT2D eigenvalue weighted by Crippen LogP contribution is 2.26. The molecule has 0 aliphatic carbocycles. The highest BCUT2D eigenvalue weighted by Gasteiger charge is 2.16. The standard InChI is InChI=1S/C12H14ClF4NO2/c13-9-1-2-10(20-12(16)17)8(5-9)6-18(3-4-19)7-11(14)15/h1-2,5,11-12,19H,3-4,6-7H2. The Hall–Kier alpha value is -1.05. The second kappa shape index (κ2) is 8.28. The number of hydrogen-bond acceptors (Lipinski definition) is 3. The van der Waals surface area contributed by atoms with Crippen LogP contribution in [0.3, 0.4) is 0 Å². The van der Waals surface area contributed by atoms with Crippen molar-refractivity contribution >= 4 is 11.6 Å². The number of hydrogen-bond donors (Lipinski definition) is 1. The van der Waals surface area contributed by atoms with Crippen molar-refractivity contribution in [2.75, 3.05) is 19.7 Å². The third-order valence-corrected chi connectivity index (χ3v) is 2.68. The fraction of sp³-hybridized carbons (Fsp3) is 0.500. The van der Waals surface area contributed by atoms with Crippen molar-refractivity contribution in [3.63, 3.8) is 0 Å². The molecule has 0 saturated heterocycles. The van der Waals surface area contributed by atoms with Crippen LogP contribution in [0.1, 0.15) is 5.56 Å². The maximum Gasteiger partial charge on any atom is 0.387 e. The number of nitrogens with zero attached hydrogens (tertiary/aromatic N) is 1. The molecule has 0 aliphatic heterocycles. The molecule has 0 aromatic heterocycles. The van der Waals surface area contributed by atoms with Gasteiger partial charge in [0.1, 0.15) is 5.75 Å². The van der Waals surface area contributed by atoms with E-state index in [1.807, 2.05) is 0 Å². The summed E-state index contributed by atoms with van der Waals surface area (Å²) in [6.07, 6.45) is -2.60. The van der Waals surface area contributed by atoms with Crippen LogP contribution in [0.5, 0.6) is 5.75 Å². The fourth-order valence-electron chi connectivity index (χ4n) is 1.69. The Bertz CT molecular complexity index is 420. The summed E-state index contributed by atoms with van der Waals surface area (Å²) in [5.41, 5.74) is 0.256. The van der Waals surface area contributed by atoms with Gasteiger partial charge in [-0.15, -0.1) is 0 Å². The first kappa shape index (κ1) is 17.0. The lowest BCUT2D eigenvalue weighted by Crippen LogP contribution is -2.31. The lowest BCUT2D eigenvalue weighted by Gasteiger charge is -2.22. The molecule has 0 aliphatic rings. The van der Waals surface area contributed by atoms with Gasteiger partial charge in [0, 0.05) is 23.7 Å². The molecule has 0 fully saturated rings. The van der Waals surface area contributed by atoms with Gasteiger partial charge < -0.3 is 9.84 Å². The van der Waals surface area contributed by atoms with Gasteiger partial charge >= 0.3 is 6.61 Å². The molecule has 0 bridgehead atoms. The molecule has 1 N–H and O–H groups in total. The first-order valence-electron chi connectivity index (χ1n) is 5.77. The van der Waals surface area contributed by atoms with Gasteiger partial charge in [0.2, 0.25) is 0 Å². The van der Waals surface area contributed by atoms with Crippen molar-refractivity contribution in [2.24, 2.45) is 0 Å². The van der Waals surface area contributed by atoms with Crippen molar-refractivity contribution in [1.29, 1.82) is 0 Å². The van der Waals surface area contributed by atoms with Crippen LogP contribution in [-0.2, 0) is 6.54 Å². The molecule has 0 spiro atoms. The van der Waals surface area contributed by atoms with Gasteiger partial charge in [-0.25, -0.2) is 8.78 Å².